The van der Waals surface area contributed by atoms with Crippen LogP contribution >= 0.6 is 0 Å². The first-order chi connectivity index (χ1) is 9.22. The van der Waals surface area contributed by atoms with E-state index in [1.165, 1.54) is 6.07 Å². The Hall–Kier alpha value is -1.62. The summed E-state index contributed by atoms with van der Waals surface area (Å²) >= 11 is 0. The van der Waals surface area contributed by atoms with E-state index in [0.29, 0.717) is 44.7 Å². The quantitative estimate of drug-likeness (QED) is 0.892. The van der Waals surface area contributed by atoms with E-state index < -0.39 is 0 Å². The Labute approximate surface area is 112 Å². The van der Waals surface area contributed by atoms with Crippen molar-refractivity contribution in [2.45, 2.75) is 12.8 Å². The summed E-state index contributed by atoms with van der Waals surface area (Å²) in [5.41, 5.74) is 0.602. The zero-order valence-corrected chi connectivity index (χ0v) is 10.9. The summed E-state index contributed by atoms with van der Waals surface area (Å²) in [6.45, 7) is 2.55. The monoisotopic (exact) mass is 266 g/mol. The lowest BCUT2D eigenvalue weighted by molar-refractivity contribution is -0.131. The van der Waals surface area contributed by atoms with Gasteiger partial charge in [0.1, 0.15) is 5.82 Å². The number of hydrogen-bond acceptors (Lipinski definition) is 3. The highest BCUT2D eigenvalue weighted by Gasteiger charge is 2.22. The second kappa shape index (κ2) is 6.52. The molecule has 4 nitrogen and oxygen atoms in total. The number of amides is 1. The van der Waals surface area contributed by atoms with E-state index in [-0.39, 0.29) is 18.3 Å². The minimum Gasteiger partial charge on any atom is -0.396 e. The molecule has 1 heterocycles. The SMILES string of the molecule is O=C(CCCO)N1CCN(c2ccccc2F)CC1. The van der Waals surface area contributed by atoms with Crippen LogP contribution in [0.2, 0.25) is 0 Å². The molecule has 1 aliphatic heterocycles. The van der Waals surface area contributed by atoms with Gasteiger partial charge in [0.05, 0.1) is 5.69 Å². The summed E-state index contributed by atoms with van der Waals surface area (Å²) in [5.74, 6) is -0.148. The van der Waals surface area contributed by atoms with E-state index in [2.05, 4.69) is 0 Å². The smallest absolute Gasteiger partial charge is 0.222 e. The van der Waals surface area contributed by atoms with Crippen LogP contribution in [0.3, 0.4) is 0 Å². The van der Waals surface area contributed by atoms with Gasteiger partial charge in [-0.3, -0.25) is 4.79 Å². The Morgan fingerprint density at radius 3 is 2.53 bits per heavy atom. The van der Waals surface area contributed by atoms with Gasteiger partial charge in [-0.05, 0) is 18.6 Å². The first-order valence-corrected chi connectivity index (χ1v) is 6.60. The molecule has 0 spiro atoms. The molecule has 0 unspecified atom stereocenters. The van der Waals surface area contributed by atoms with Gasteiger partial charge in [0.15, 0.2) is 0 Å². The lowest BCUT2D eigenvalue weighted by Gasteiger charge is -2.36. The van der Waals surface area contributed by atoms with E-state index in [1.807, 2.05) is 11.0 Å². The molecule has 19 heavy (non-hydrogen) atoms. The molecule has 0 aromatic heterocycles. The lowest BCUT2D eigenvalue weighted by atomic mass is 10.2. The van der Waals surface area contributed by atoms with Crippen molar-refractivity contribution in [1.29, 1.82) is 0 Å². The van der Waals surface area contributed by atoms with Crippen molar-refractivity contribution in [2.24, 2.45) is 0 Å². The van der Waals surface area contributed by atoms with Crippen molar-refractivity contribution < 1.29 is 14.3 Å². The second-order valence-electron chi connectivity index (χ2n) is 4.65. The third-order valence-electron chi connectivity index (χ3n) is 3.37. The summed E-state index contributed by atoms with van der Waals surface area (Å²) < 4.78 is 13.6. The van der Waals surface area contributed by atoms with Gasteiger partial charge >= 0.3 is 0 Å². The molecule has 104 valence electrons. The third-order valence-corrected chi connectivity index (χ3v) is 3.37. The molecular weight excluding hydrogens is 247 g/mol. The molecule has 0 bridgehead atoms. The molecule has 1 aromatic rings. The highest BCUT2D eigenvalue weighted by Crippen LogP contribution is 2.20. The van der Waals surface area contributed by atoms with Crippen LogP contribution in [0.25, 0.3) is 0 Å². The Morgan fingerprint density at radius 1 is 1.21 bits per heavy atom. The van der Waals surface area contributed by atoms with Gasteiger partial charge in [0.25, 0.3) is 0 Å². The number of nitrogens with zero attached hydrogens (tertiary/aromatic N) is 2. The van der Waals surface area contributed by atoms with Crippen molar-refractivity contribution in [3.63, 3.8) is 0 Å². The average Bonchev–Trinajstić information content (AvgIpc) is 2.45. The highest BCUT2D eigenvalue weighted by molar-refractivity contribution is 5.76. The number of rotatable bonds is 4. The maximum Gasteiger partial charge on any atom is 0.222 e. The fraction of sp³-hybridized carbons (Fsp3) is 0.500. The summed E-state index contributed by atoms with van der Waals surface area (Å²) in [7, 11) is 0. The molecule has 1 fully saturated rings. The summed E-state index contributed by atoms with van der Waals surface area (Å²) in [6.07, 6.45) is 0.891. The number of piperazine rings is 1. The van der Waals surface area contributed by atoms with Crippen LogP contribution in [0.4, 0.5) is 10.1 Å². The number of benzene rings is 1. The van der Waals surface area contributed by atoms with E-state index in [4.69, 9.17) is 5.11 Å². The fourth-order valence-electron chi connectivity index (χ4n) is 2.29. The maximum atomic E-state index is 13.6. The minimum atomic E-state index is -0.220. The Balaban J connectivity index is 1.89. The summed E-state index contributed by atoms with van der Waals surface area (Å²) in [5, 5.41) is 8.71. The van der Waals surface area contributed by atoms with E-state index in [1.54, 1.807) is 17.0 Å². The van der Waals surface area contributed by atoms with Crippen LogP contribution in [0.1, 0.15) is 12.8 Å². The van der Waals surface area contributed by atoms with Gasteiger partial charge in [0, 0.05) is 39.2 Å². The number of carbonyl (C=O) groups is 1. The van der Waals surface area contributed by atoms with Gasteiger partial charge in [0.2, 0.25) is 5.91 Å². The molecule has 2 rings (SSSR count). The molecule has 0 atom stereocenters. The Bertz CT molecular complexity index is 431. The number of carbonyl (C=O) groups excluding carboxylic acids is 1. The molecule has 0 saturated carbocycles. The first-order valence-electron chi connectivity index (χ1n) is 6.60. The minimum absolute atomic E-state index is 0.0426. The number of aliphatic hydroxyl groups is 1. The van der Waals surface area contributed by atoms with Crippen LogP contribution in [0, 0.1) is 5.82 Å². The second-order valence-corrected chi connectivity index (χ2v) is 4.65. The summed E-state index contributed by atoms with van der Waals surface area (Å²) in [6, 6.07) is 6.71. The summed E-state index contributed by atoms with van der Waals surface area (Å²) in [4.78, 5) is 15.5. The van der Waals surface area contributed by atoms with Crippen molar-refractivity contribution in [1.82, 2.24) is 4.90 Å². The number of halogens is 1. The van der Waals surface area contributed by atoms with Crippen molar-refractivity contribution >= 4 is 11.6 Å². The molecule has 0 aliphatic carbocycles. The zero-order valence-electron chi connectivity index (χ0n) is 10.9. The predicted molar refractivity (Wildman–Crippen MR) is 71.5 cm³/mol. The van der Waals surface area contributed by atoms with Gasteiger partial charge in [-0.25, -0.2) is 4.39 Å². The predicted octanol–water partition coefficient (Wildman–Crippen LogP) is 1.25. The largest absolute Gasteiger partial charge is 0.396 e. The lowest BCUT2D eigenvalue weighted by Crippen LogP contribution is -2.49. The van der Waals surface area contributed by atoms with Gasteiger partial charge in [-0.1, -0.05) is 12.1 Å². The molecule has 1 amide bonds. The number of anilines is 1. The van der Waals surface area contributed by atoms with Crippen LogP contribution in [0.15, 0.2) is 24.3 Å². The molecule has 1 aliphatic rings. The molecule has 1 saturated heterocycles. The maximum absolute atomic E-state index is 13.6. The normalized spacial score (nSPS) is 15.7. The molecular formula is C14H19FN2O2. The highest BCUT2D eigenvalue weighted by atomic mass is 19.1. The standard InChI is InChI=1S/C14H19FN2O2/c15-12-4-1-2-5-13(12)16-7-9-17(10-8-16)14(19)6-3-11-18/h1-2,4-5,18H,3,6-11H2. The van der Waals surface area contributed by atoms with Gasteiger partial charge in [-0.15, -0.1) is 0 Å². The number of para-hydroxylation sites is 1. The van der Waals surface area contributed by atoms with Crippen LogP contribution in [-0.2, 0) is 4.79 Å². The van der Waals surface area contributed by atoms with Gasteiger partial charge in [-0.2, -0.15) is 0 Å². The first kappa shape index (κ1) is 13.8. The van der Waals surface area contributed by atoms with Gasteiger partial charge < -0.3 is 14.9 Å². The van der Waals surface area contributed by atoms with Crippen LogP contribution in [0.5, 0.6) is 0 Å². The average molecular weight is 266 g/mol. The zero-order chi connectivity index (χ0) is 13.7. The van der Waals surface area contributed by atoms with Crippen molar-refractivity contribution in [3.8, 4) is 0 Å². The molecule has 1 aromatic carbocycles. The van der Waals surface area contributed by atoms with Crippen LogP contribution < -0.4 is 4.90 Å². The molecule has 5 heteroatoms. The van der Waals surface area contributed by atoms with E-state index in [9.17, 15) is 9.18 Å². The molecule has 1 N–H and O–H groups in total. The van der Waals surface area contributed by atoms with E-state index >= 15 is 0 Å². The number of hydrogen-bond donors (Lipinski definition) is 1. The van der Waals surface area contributed by atoms with E-state index in [0.717, 1.165) is 0 Å². The molecule has 0 radical (unpaired) electrons. The van der Waals surface area contributed by atoms with Crippen molar-refractivity contribution in [2.75, 3.05) is 37.7 Å². The number of aliphatic hydroxyl groups excluding tert-OH is 1. The van der Waals surface area contributed by atoms with Crippen LogP contribution in [-0.4, -0.2) is 48.7 Å². The Kier molecular flexibility index (Phi) is 4.74. The third kappa shape index (κ3) is 3.44. The Morgan fingerprint density at radius 2 is 1.89 bits per heavy atom. The topological polar surface area (TPSA) is 43.8 Å². The fourth-order valence-corrected chi connectivity index (χ4v) is 2.29. The van der Waals surface area contributed by atoms with Crippen molar-refractivity contribution in [3.05, 3.63) is 30.1 Å².